The van der Waals surface area contributed by atoms with Crippen LogP contribution in [-0.4, -0.2) is 53.7 Å². The van der Waals surface area contributed by atoms with E-state index in [2.05, 4.69) is 5.32 Å². The smallest absolute Gasteiger partial charge is 0.337 e. The number of carbonyl (C=O) groups excluding carboxylic acids is 2. The van der Waals surface area contributed by atoms with E-state index in [1.54, 1.807) is 11.3 Å². The molecule has 0 atom stereocenters. The molecule has 1 aromatic heterocycles. The minimum Gasteiger partial charge on any atom is -0.466 e. The van der Waals surface area contributed by atoms with Gasteiger partial charge in [-0.25, -0.2) is 9.78 Å². The number of hydrogen-bond donors (Lipinski definition) is 2. The number of benzene rings is 2. The van der Waals surface area contributed by atoms with E-state index in [9.17, 15) is 9.59 Å². The first kappa shape index (κ1) is 20.8. The SMILES string of the molecule is COC(=O)C1=C(Nc2ccc(-c3csc(-c4ccccc4)n3)cc2)C(=O)N(CCO)C1. The summed E-state index contributed by atoms with van der Waals surface area (Å²) in [5.74, 6) is -0.908. The Morgan fingerprint density at radius 1 is 1.16 bits per heavy atom. The van der Waals surface area contributed by atoms with Crippen LogP contribution in [0.5, 0.6) is 0 Å². The van der Waals surface area contributed by atoms with Gasteiger partial charge in [0.25, 0.3) is 5.91 Å². The van der Waals surface area contributed by atoms with Crippen LogP contribution < -0.4 is 5.32 Å². The average Bonchev–Trinajstić information content (AvgIpc) is 3.41. The molecule has 158 valence electrons. The maximum absolute atomic E-state index is 12.6. The summed E-state index contributed by atoms with van der Waals surface area (Å²) < 4.78 is 4.81. The van der Waals surface area contributed by atoms with Crippen molar-refractivity contribution in [3.05, 3.63) is 71.2 Å². The Kier molecular flexibility index (Phi) is 6.11. The van der Waals surface area contributed by atoms with E-state index in [0.717, 1.165) is 21.8 Å². The van der Waals surface area contributed by atoms with Gasteiger partial charge >= 0.3 is 5.97 Å². The fourth-order valence-corrected chi connectivity index (χ4v) is 4.17. The number of aliphatic hydroxyl groups is 1. The average molecular weight is 436 g/mol. The van der Waals surface area contributed by atoms with Gasteiger partial charge in [-0.05, 0) is 12.1 Å². The number of nitrogens with one attached hydrogen (secondary N) is 1. The van der Waals surface area contributed by atoms with Crippen molar-refractivity contribution >= 4 is 28.9 Å². The van der Waals surface area contributed by atoms with Gasteiger partial charge in [-0.1, -0.05) is 42.5 Å². The molecule has 3 aromatic rings. The molecule has 0 radical (unpaired) electrons. The summed E-state index contributed by atoms with van der Waals surface area (Å²) in [4.78, 5) is 30.9. The van der Waals surface area contributed by atoms with E-state index < -0.39 is 5.97 Å². The van der Waals surface area contributed by atoms with Crippen LogP contribution in [-0.2, 0) is 14.3 Å². The second-order valence-corrected chi connectivity index (χ2v) is 7.76. The lowest BCUT2D eigenvalue weighted by Gasteiger charge is -2.15. The highest BCUT2D eigenvalue weighted by Crippen LogP contribution is 2.30. The Balaban J connectivity index is 1.54. The van der Waals surface area contributed by atoms with E-state index in [1.807, 2.05) is 60.0 Å². The molecule has 1 aliphatic heterocycles. The van der Waals surface area contributed by atoms with Crippen LogP contribution in [0.25, 0.3) is 21.8 Å². The van der Waals surface area contributed by atoms with Gasteiger partial charge in [-0.2, -0.15) is 0 Å². The molecule has 2 N–H and O–H groups in total. The molecule has 0 unspecified atom stereocenters. The van der Waals surface area contributed by atoms with Crippen LogP contribution in [0, 0.1) is 0 Å². The van der Waals surface area contributed by atoms with Crippen molar-refractivity contribution in [2.75, 3.05) is 32.1 Å². The van der Waals surface area contributed by atoms with Gasteiger partial charge in [-0.15, -0.1) is 11.3 Å². The molecule has 4 rings (SSSR count). The van der Waals surface area contributed by atoms with Crippen molar-refractivity contribution in [1.82, 2.24) is 9.88 Å². The quantitative estimate of drug-likeness (QED) is 0.554. The van der Waals surface area contributed by atoms with Crippen molar-refractivity contribution in [3.63, 3.8) is 0 Å². The molecular weight excluding hydrogens is 414 g/mol. The summed E-state index contributed by atoms with van der Waals surface area (Å²) in [5, 5.41) is 15.2. The van der Waals surface area contributed by atoms with Crippen molar-refractivity contribution in [1.29, 1.82) is 0 Å². The molecule has 31 heavy (non-hydrogen) atoms. The number of esters is 1. The predicted octanol–water partition coefficient (Wildman–Crippen LogP) is 3.15. The van der Waals surface area contributed by atoms with Crippen LogP contribution >= 0.6 is 11.3 Å². The third kappa shape index (κ3) is 4.35. The Morgan fingerprint density at radius 2 is 1.90 bits per heavy atom. The number of rotatable bonds is 7. The first-order chi connectivity index (χ1) is 15.1. The number of ether oxygens (including phenoxy) is 1. The first-order valence-corrected chi connectivity index (χ1v) is 10.6. The zero-order valence-electron chi connectivity index (χ0n) is 16.9. The summed E-state index contributed by atoms with van der Waals surface area (Å²) in [6.45, 7) is 0.0748. The van der Waals surface area contributed by atoms with Crippen LogP contribution in [0.4, 0.5) is 5.69 Å². The second-order valence-electron chi connectivity index (χ2n) is 6.90. The van der Waals surface area contributed by atoms with Crippen LogP contribution in [0.2, 0.25) is 0 Å². The standard InChI is InChI=1S/C23H21N3O4S/c1-30-23(29)18-13-26(11-12-27)22(28)20(18)24-17-9-7-15(8-10-17)19-14-31-21(25-19)16-5-3-2-4-6-16/h2-10,14,24,27H,11-13H2,1H3. The fraction of sp³-hybridized carbons (Fsp3) is 0.174. The number of amides is 1. The summed E-state index contributed by atoms with van der Waals surface area (Å²) in [5.41, 5.74) is 3.98. The van der Waals surface area contributed by atoms with Gasteiger partial charge in [0.1, 0.15) is 10.7 Å². The van der Waals surface area contributed by atoms with Gasteiger partial charge in [0.2, 0.25) is 0 Å². The lowest BCUT2D eigenvalue weighted by atomic mass is 10.1. The lowest BCUT2D eigenvalue weighted by molar-refractivity contribution is -0.136. The van der Waals surface area contributed by atoms with Gasteiger partial charge in [0, 0.05) is 28.7 Å². The number of β-amino-alcohol motifs (C(OH)–C–C–N with tert-alkyl or cyclic N) is 1. The lowest BCUT2D eigenvalue weighted by Crippen LogP contribution is -2.31. The van der Waals surface area contributed by atoms with E-state index in [0.29, 0.717) is 5.69 Å². The minimum absolute atomic E-state index is 0.105. The maximum atomic E-state index is 12.6. The summed E-state index contributed by atoms with van der Waals surface area (Å²) in [6.07, 6.45) is 0. The van der Waals surface area contributed by atoms with Gasteiger partial charge in [0.15, 0.2) is 0 Å². The maximum Gasteiger partial charge on any atom is 0.337 e. The number of aliphatic hydroxyl groups excluding tert-OH is 1. The number of aromatic nitrogens is 1. The Morgan fingerprint density at radius 3 is 2.58 bits per heavy atom. The third-order valence-electron chi connectivity index (χ3n) is 4.93. The minimum atomic E-state index is -0.566. The first-order valence-electron chi connectivity index (χ1n) is 9.70. The Labute approximate surface area is 183 Å². The van der Waals surface area contributed by atoms with Crippen molar-refractivity contribution < 1.29 is 19.4 Å². The number of methoxy groups -OCH3 is 1. The molecule has 0 fully saturated rings. The summed E-state index contributed by atoms with van der Waals surface area (Å²) >= 11 is 1.58. The zero-order valence-corrected chi connectivity index (χ0v) is 17.7. The number of thiazole rings is 1. The molecule has 8 heteroatoms. The molecule has 0 bridgehead atoms. The molecule has 2 aromatic carbocycles. The highest BCUT2D eigenvalue weighted by atomic mass is 32.1. The largest absolute Gasteiger partial charge is 0.466 e. The number of carbonyl (C=O) groups is 2. The highest BCUT2D eigenvalue weighted by molar-refractivity contribution is 7.13. The summed E-state index contributed by atoms with van der Waals surface area (Å²) in [7, 11) is 1.28. The van der Waals surface area contributed by atoms with Crippen molar-refractivity contribution in [2.24, 2.45) is 0 Å². The molecular formula is C23H21N3O4S. The molecule has 0 saturated heterocycles. The normalized spacial score (nSPS) is 13.6. The van der Waals surface area contributed by atoms with E-state index >= 15 is 0 Å². The predicted molar refractivity (Wildman–Crippen MR) is 119 cm³/mol. The van der Waals surface area contributed by atoms with Crippen LogP contribution in [0.3, 0.4) is 0 Å². The van der Waals surface area contributed by atoms with Gasteiger partial charge in [0.05, 0.1) is 31.5 Å². The molecule has 0 aliphatic carbocycles. The highest BCUT2D eigenvalue weighted by Gasteiger charge is 2.34. The molecule has 2 heterocycles. The van der Waals surface area contributed by atoms with Crippen LogP contribution in [0.15, 0.2) is 71.2 Å². The van der Waals surface area contributed by atoms with E-state index in [1.165, 1.54) is 12.0 Å². The third-order valence-corrected chi connectivity index (χ3v) is 5.82. The molecule has 0 saturated carbocycles. The fourth-order valence-electron chi connectivity index (χ4n) is 3.34. The van der Waals surface area contributed by atoms with E-state index in [-0.39, 0.29) is 36.9 Å². The topological polar surface area (TPSA) is 91.8 Å². The number of nitrogens with zero attached hydrogens (tertiary/aromatic N) is 2. The zero-order chi connectivity index (χ0) is 21.8. The van der Waals surface area contributed by atoms with Crippen molar-refractivity contribution in [2.45, 2.75) is 0 Å². The number of hydrogen-bond acceptors (Lipinski definition) is 7. The monoisotopic (exact) mass is 435 g/mol. The Bertz CT molecular complexity index is 1120. The molecule has 1 amide bonds. The van der Waals surface area contributed by atoms with Crippen LogP contribution in [0.1, 0.15) is 0 Å². The second kappa shape index (κ2) is 9.11. The van der Waals surface area contributed by atoms with E-state index in [4.69, 9.17) is 14.8 Å². The van der Waals surface area contributed by atoms with Gasteiger partial charge in [-0.3, -0.25) is 4.79 Å². The number of anilines is 1. The molecule has 0 spiro atoms. The van der Waals surface area contributed by atoms with Gasteiger partial charge < -0.3 is 20.1 Å². The summed E-state index contributed by atoms with van der Waals surface area (Å²) in [6, 6.07) is 17.5. The van der Waals surface area contributed by atoms with Crippen molar-refractivity contribution in [3.8, 4) is 21.8 Å². The molecule has 1 aliphatic rings. The Hall–Kier alpha value is -3.49. The molecule has 7 nitrogen and oxygen atoms in total.